The van der Waals surface area contributed by atoms with Gasteiger partial charge in [-0.3, -0.25) is 4.79 Å². The fraction of sp³-hybridized carbons (Fsp3) is 0.318. The van der Waals surface area contributed by atoms with E-state index in [1.54, 1.807) is 7.11 Å². The third kappa shape index (κ3) is 3.97. The van der Waals surface area contributed by atoms with Crippen LogP contribution in [0.3, 0.4) is 0 Å². The van der Waals surface area contributed by atoms with E-state index in [1.807, 2.05) is 49.4 Å². The summed E-state index contributed by atoms with van der Waals surface area (Å²) in [5, 5.41) is 6.27. The summed E-state index contributed by atoms with van der Waals surface area (Å²) in [6, 6.07) is 16.0. The van der Waals surface area contributed by atoms with Crippen molar-refractivity contribution in [3.05, 3.63) is 70.8 Å². The second kappa shape index (κ2) is 8.68. The summed E-state index contributed by atoms with van der Waals surface area (Å²) in [5.41, 5.74) is 5.58. The van der Waals surface area contributed by atoms with Crippen LogP contribution in [-0.4, -0.2) is 32.7 Å². The molecule has 1 aliphatic rings. The molecule has 1 saturated heterocycles. The number of nitrogens with one attached hydrogen (secondary N) is 2. The zero-order valence-corrected chi connectivity index (χ0v) is 15.5. The van der Waals surface area contributed by atoms with Crippen LogP contribution in [-0.2, 0) is 0 Å². The van der Waals surface area contributed by atoms with Crippen molar-refractivity contribution in [3.8, 4) is 5.75 Å². The Morgan fingerprint density at radius 2 is 1.69 bits per heavy atom. The number of piperidine rings is 1. The molecule has 0 unspecified atom stereocenters. The topological polar surface area (TPSA) is 50.4 Å². The molecule has 0 saturated carbocycles. The van der Waals surface area contributed by atoms with Crippen LogP contribution in [0.15, 0.2) is 54.1 Å². The highest BCUT2D eigenvalue weighted by Gasteiger charge is 2.18. The van der Waals surface area contributed by atoms with Crippen LogP contribution >= 0.6 is 0 Å². The quantitative estimate of drug-likeness (QED) is 0.866. The van der Waals surface area contributed by atoms with E-state index in [4.69, 9.17) is 4.74 Å². The Kier molecular flexibility index (Phi) is 6.08. The minimum absolute atomic E-state index is 0.0348. The summed E-state index contributed by atoms with van der Waals surface area (Å²) in [7, 11) is 1.71. The van der Waals surface area contributed by atoms with Gasteiger partial charge in [0.25, 0.3) is 5.91 Å². The van der Waals surface area contributed by atoms with Crippen LogP contribution in [0.25, 0.3) is 5.57 Å². The van der Waals surface area contributed by atoms with Crippen molar-refractivity contribution in [1.82, 2.24) is 10.6 Å². The van der Waals surface area contributed by atoms with E-state index in [9.17, 15) is 4.79 Å². The maximum absolute atomic E-state index is 12.0. The zero-order valence-electron chi connectivity index (χ0n) is 15.5. The zero-order chi connectivity index (χ0) is 18.4. The first kappa shape index (κ1) is 18.2. The number of rotatable bonds is 5. The van der Waals surface area contributed by atoms with Gasteiger partial charge in [-0.05, 0) is 62.2 Å². The first-order valence-electron chi connectivity index (χ1n) is 9.19. The van der Waals surface area contributed by atoms with Crippen LogP contribution in [0.4, 0.5) is 0 Å². The first-order chi connectivity index (χ1) is 12.7. The van der Waals surface area contributed by atoms with Crippen molar-refractivity contribution in [2.45, 2.75) is 19.8 Å². The lowest BCUT2D eigenvalue weighted by atomic mass is 9.88. The van der Waals surface area contributed by atoms with Gasteiger partial charge in [0.15, 0.2) is 0 Å². The van der Waals surface area contributed by atoms with Gasteiger partial charge < -0.3 is 15.4 Å². The van der Waals surface area contributed by atoms with Crippen molar-refractivity contribution in [2.75, 3.05) is 26.7 Å². The average Bonchev–Trinajstić information content (AvgIpc) is 2.70. The lowest BCUT2D eigenvalue weighted by Crippen LogP contribution is -2.24. The lowest BCUT2D eigenvalue weighted by Gasteiger charge is -2.22. The Morgan fingerprint density at radius 1 is 1.04 bits per heavy atom. The fourth-order valence-electron chi connectivity index (χ4n) is 3.43. The normalized spacial score (nSPS) is 14.0. The maximum Gasteiger partial charge on any atom is 0.251 e. The van der Waals surface area contributed by atoms with Gasteiger partial charge in [0.1, 0.15) is 5.75 Å². The molecular formula is C22H26N2O2. The molecule has 4 nitrogen and oxygen atoms in total. The largest absolute Gasteiger partial charge is 0.496 e. The number of carbonyl (C=O) groups is 1. The van der Waals surface area contributed by atoms with Gasteiger partial charge >= 0.3 is 0 Å². The number of para-hydroxylation sites is 1. The highest BCUT2D eigenvalue weighted by atomic mass is 16.5. The summed E-state index contributed by atoms with van der Waals surface area (Å²) in [6.07, 6.45) is 2.04. The van der Waals surface area contributed by atoms with Crippen LogP contribution < -0.4 is 15.4 Å². The standard InChI is InChI=1S/C22H26N2O2/c1-3-24-22(25)18-10-8-16(9-11-18)21(17-12-14-23-15-13-17)19-6-4-5-7-20(19)26-2/h4-11,23H,3,12-15H2,1-2H3,(H,24,25). The number of methoxy groups -OCH3 is 1. The maximum atomic E-state index is 12.0. The molecule has 0 aromatic heterocycles. The van der Waals surface area contributed by atoms with Crippen LogP contribution in [0.2, 0.25) is 0 Å². The number of amides is 1. The van der Waals surface area contributed by atoms with Crippen molar-refractivity contribution in [2.24, 2.45) is 0 Å². The second-order valence-corrected chi connectivity index (χ2v) is 6.37. The van der Waals surface area contributed by atoms with Gasteiger partial charge in [0.05, 0.1) is 7.11 Å². The number of carbonyl (C=O) groups excluding carboxylic acids is 1. The van der Waals surface area contributed by atoms with E-state index in [2.05, 4.69) is 16.7 Å². The minimum Gasteiger partial charge on any atom is -0.496 e. The molecule has 3 rings (SSSR count). The molecule has 0 bridgehead atoms. The highest BCUT2D eigenvalue weighted by molar-refractivity contribution is 5.95. The van der Waals surface area contributed by atoms with Crippen molar-refractivity contribution >= 4 is 11.5 Å². The first-order valence-corrected chi connectivity index (χ1v) is 9.19. The molecule has 1 fully saturated rings. The Balaban J connectivity index is 2.06. The average molecular weight is 350 g/mol. The number of hydrogen-bond acceptors (Lipinski definition) is 3. The summed E-state index contributed by atoms with van der Waals surface area (Å²) >= 11 is 0. The fourth-order valence-corrected chi connectivity index (χ4v) is 3.43. The smallest absolute Gasteiger partial charge is 0.251 e. The summed E-state index contributed by atoms with van der Waals surface area (Å²) in [4.78, 5) is 12.0. The second-order valence-electron chi connectivity index (χ2n) is 6.37. The Morgan fingerprint density at radius 3 is 2.35 bits per heavy atom. The van der Waals surface area contributed by atoms with Crippen molar-refractivity contribution in [3.63, 3.8) is 0 Å². The monoisotopic (exact) mass is 350 g/mol. The molecule has 2 N–H and O–H groups in total. The number of ether oxygens (including phenoxy) is 1. The van der Waals surface area contributed by atoms with Gasteiger partial charge in [-0.1, -0.05) is 35.9 Å². The van der Waals surface area contributed by atoms with E-state index >= 15 is 0 Å². The van der Waals surface area contributed by atoms with Gasteiger partial charge in [-0.15, -0.1) is 0 Å². The van der Waals surface area contributed by atoms with Crippen molar-refractivity contribution < 1.29 is 9.53 Å². The molecule has 136 valence electrons. The molecule has 0 aliphatic carbocycles. The molecule has 0 spiro atoms. The van der Waals surface area contributed by atoms with Crippen LogP contribution in [0.1, 0.15) is 41.3 Å². The highest BCUT2D eigenvalue weighted by Crippen LogP contribution is 2.36. The van der Waals surface area contributed by atoms with E-state index < -0.39 is 0 Å². The molecule has 0 atom stereocenters. The predicted molar refractivity (Wildman–Crippen MR) is 106 cm³/mol. The molecule has 2 aromatic rings. The Labute approximate surface area is 155 Å². The van der Waals surface area contributed by atoms with Gasteiger partial charge in [-0.2, -0.15) is 0 Å². The van der Waals surface area contributed by atoms with E-state index in [1.165, 1.54) is 11.1 Å². The Bertz CT molecular complexity index is 786. The summed E-state index contributed by atoms with van der Waals surface area (Å²) in [6.45, 7) is 4.54. The van der Waals surface area contributed by atoms with Gasteiger partial charge in [-0.25, -0.2) is 0 Å². The predicted octanol–water partition coefficient (Wildman–Crippen LogP) is 3.63. The molecule has 1 aliphatic heterocycles. The molecule has 2 aromatic carbocycles. The van der Waals surface area contributed by atoms with Gasteiger partial charge in [0.2, 0.25) is 0 Å². The third-order valence-electron chi connectivity index (χ3n) is 4.71. The number of hydrogen-bond donors (Lipinski definition) is 2. The molecule has 26 heavy (non-hydrogen) atoms. The van der Waals surface area contributed by atoms with E-state index in [0.29, 0.717) is 12.1 Å². The SMILES string of the molecule is CCNC(=O)c1ccc(C(=C2CCNCC2)c2ccccc2OC)cc1. The van der Waals surface area contributed by atoms with E-state index in [0.717, 1.165) is 42.8 Å². The molecular weight excluding hydrogens is 324 g/mol. The molecule has 1 heterocycles. The Hall–Kier alpha value is -2.59. The third-order valence-corrected chi connectivity index (χ3v) is 4.71. The van der Waals surface area contributed by atoms with E-state index in [-0.39, 0.29) is 5.91 Å². The summed E-state index contributed by atoms with van der Waals surface area (Å²) in [5.74, 6) is 0.841. The molecule has 0 radical (unpaired) electrons. The van der Waals surface area contributed by atoms with Crippen molar-refractivity contribution in [1.29, 1.82) is 0 Å². The number of benzene rings is 2. The molecule has 1 amide bonds. The van der Waals surface area contributed by atoms with Crippen LogP contribution in [0, 0.1) is 0 Å². The van der Waals surface area contributed by atoms with Gasteiger partial charge in [0, 0.05) is 17.7 Å². The lowest BCUT2D eigenvalue weighted by molar-refractivity contribution is 0.0956. The summed E-state index contributed by atoms with van der Waals surface area (Å²) < 4.78 is 5.62. The minimum atomic E-state index is -0.0348. The molecule has 4 heteroatoms. The van der Waals surface area contributed by atoms with Crippen LogP contribution in [0.5, 0.6) is 5.75 Å².